The van der Waals surface area contributed by atoms with Crippen LogP contribution in [0.5, 0.6) is 0 Å². The summed E-state index contributed by atoms with van der Waals surface area (Å²) in [7, 11) is 0. The van der Waals surface area contributed by atoms with Crippen LogP contribution in [0.4, 0.5) is 27.3 Å². The Hall–Kier alpha value is -3.65. The molecule has 2 amide bonds. The molecular weight excluding hydrogens is 457 g/mol. The first-order chi connectivity index (χ1) is 16.3. The summed E-state index contributed by atoms with van der Waals surface area (Å²) >= 11 is 6.29. The fourth-order valence-electron chi connectivity index (χ4n) is 3.80. The molecule has 0 bridgehead atoms. The van der Waals surface area contributed by atoms with Crippen LogP contribution >= 0.6 is 11.6 Å². The zero-order valence-corrected chi connectivity index (χ0v) is 19.7. The smallest absolute Gasteiger partial charge is 0.257 e. The van der Waals surface area contributed by atoms with Gasteiger partial charge in [-0.25, -0.2) is 9.37 Å². The van der Waals surface area contributed by atoms with Crippen molar-refractivity contribution in [3.8, 4) is 0 Å². The number of carbonyl (C=O) groups is 2. The van der Waals surface area contributed by atoms with E-state index in [2.05, 4.69) is 20.5 Å². The molecule has 2 heterocycles. The van der Waals surface area contributed by atoms with Gasteiger partial charge in [0.25, 0.3) is 5.91 Å². The van der Waals surface area contributed by atoms with Gasteiger partial charge < -0.3 is 20.4 Å². The summed E-state index contributed by atoms with van der Waals surface area (Å²) in [6, 6.07) is 14.6. The lowest BCUT2D eigenvalue weighted by atomic mass is 10.1. The van der Waals surface area contributed by atoms with Crippen molar-refractivity contribution >= 4 is 46.3 Å². The van der Waals surface area contributed by atoms with Crippen molar-refractivity contribution in [2.75, 3.05) is 41.7 Å². The minimum Gasteiger partial charge on any atom is -0.354 e. The Kier molecular flexibility index (Phi) is 6.98. The van der Waals surface area contributed by atoms with Crippen LogP contribution in [0.25, 0.3) is 0 Å². The normalized spacial score (nSPS) is 13.5. The molecule has 3 aromatic rings. The van der Waals surface area contributed by atoms with Crippen LogP contribution in [0.15, 0.2) is 54.6 Å². The molecule has 1 aliphatic rings. The molecule has 176 valence electrons. The van der Waals surface area contributed by atoms with E-state index in [9.17, 15) is 14.0 Å². The average molecular weight is 482 g/mol. The number of aryl methyl sites for hydroxylation is 1. The van der Waals surface area contributed by atoms with Crippen LogP contribution in [0.1, 0.15) is 23.0 Å². The maximum atomic E-state index is 13.2. The van der Waals surface area contributed by atoms with Crippen molar-refractivity contribution in [2.45, 2.75) is 13.8 Å². The van der Waals surface area contributed by atoms with Gasteiger partial charge in [0, 0.05) is 44.5 Å². The first kappa shape index (κ1) is 23.5. The lowest BCUT2D eigenvalue weighted by Crippen LogP contribution is -2.48. The SMILES string of the molecule is CC(=O)N1CCN(c2ccc(C(=O)Nc3ccc(Cl)c(Nc4ccc(F)cc4)c3)c(C)n2)CC1. The van der Waals surface area contributed by atoms with Gasteiger partial charge in [0.1, 0.15) is 11.6 Å². The summed E-state index contributed by atoms with van der Waals surface area (Å²) in [6.45, 7) is 6.09. The molecule has 0 unspecified atom stereocenters. The second kappa shape index (κ2) is 10.1. The number of rotatable bonds is 5. The molecule has 0 radical (unpaired) electrons. The molecule has 2 N–H and O–H groups in total. The highest BCUT2D eigenvalue weighted by molar-refractivity contribution is 6.33. The van der Waals surface area contributed by atoms with Gasteiger partial charge >= 0.3 is 0 Å². The Balaban J connectivity index is 1.44. The summed E-state index contributed by atoms with van der Waals surface area (Å²) in [5.41, 5.74) is 2.90. The fraction of sp³-hybridized carbons (Fsp3) is 0.240. The summed E-state index contributed by atoms with van der Waals surface area (Å²) in [5, 5.41) is 6.48. The van der Waals surface area contributed by atoms with Gasteiger partial charge in [-0.05, 0) is 61.5 Å². The van der Waals surface area contributed by atoms with E-state index in [4.69, 9.17) is 11.6 Å². The van der Waals surface area contributed by atoms with E-state index in [0.29, 0.717) is 59.5 Å². The summed E-state index contributed by atoms with van der Waals surface area (Å²) < 4.78 is 13.2. The number of pyridine rings is 1. The molecule has 1 saturated heterocycles. The first-order valence-corrected chi connectivity index (χ1v) is 11.3. The van der Waals surface area contributed by atoms with Gasteiger partial charge in [0.05, 0.1) is 22.0 Å². The molecule has 0 aliphatic carbocycles. The molecule has 1 aliphatic heterocycles. The van der Waals surface area contributed by atoms with Gasteiger partial charge in [0.2, 0.25) is 5.91 Å². The third kappa shape index (κ3) is 5.46. The molecule has 1 fully saturated rings. The Bertz CT molecular complexity index is 1210. The topological polar surface area (TPSA) is 77.6 Å². The van der Waals surface area contributed by atoms with Crippen molar-refractivity contribution in [2.24, 2.45) is 0 Å². The van der Waals surface area contributed by atoms with E-state index >= 15 is 0 Å². The molecule has 34 heavy (non-hydrogen) atoms. The summed E-state index contributed by atoms with van der Waals surface area (Å²) in [4.78, 5) is 33.0. The van der Waals surface area contributed by atoms with Crippen molar-refractivity contribution in [3.63, 3.8) is 0 Å². The van der Waals surface area contributed by atoms with Crippen LogP contribution in [0.2, 0.25) is 5.02 Å². The highest BCUT2D eigenvalue weighted by atomic mass is 35.5. The maximum Gasteiger partial charge on any atom is 0.257 e. The zero-order chi connectivity index (χ0) is 24.2. The predicted octanol–water partition coefficient (Wildman–Crippen LogP) is 4.85. The Morgan fingerprint density at radius 2 is 1.65 bits per heavy atom. The number of hydrogen-bond donors (Lipinski definition) is 2. The molecule has 4 rings (SSSR count). The number of nitrogens with zero attached hydrogens (tertiary/aromatic N) is 3. The van der Waals surface area contributed by atoms with Gasteiger partial charge in [-0.3, -0.25) is 9.59 Å². The molecule has 0 saturated carbocycles. The minimum atomic E-state index is -0.328. The first-order valence-electron chi connectivity index (χ1n) is 10.9. The predicted molar refractivity (Wildman–Crippen MR) is 133 cm³/mol. The zero-order valence-electron chi connectivity index (χ0n) is 18.9. The van der Waals surface area contributed by atoms with E-state index in [0.717, 1.165) is 5.82 Å². The molecule has 1 aromatic heterocycles. The third-order valence-electron chi connectivity index (χ3n) is 5.71. The number of carbonyl (C=O) groups excluding carboxylic acids is 2. The molecule has 7 nitrogen and oxygen atoms in total. The van der Waals surface area contributed by atoms with Crippen molar-refractivity contribution in [1.29, 1.82) is 0 Å². The lowest BCUT2D eigenvalue weighted by molar-refractivity contribution is -0.129. The average Bonchev–Trinajstić information content (AvgIpc) is 2.82. The van der Waals surface area contributed by atoms with Crippen LogP contribution in [0.3, 0.4) is 0 Å². The van der Waals surface area contributed by atoms with Crippen molar-refractivity contribution < 1.29 is 14.0 Å². The quantitative estimate of drug-likeness (QED) is 0.545. The summed E-state index contributed by atoms with van der Waals surface area (Å²) in [5.74, 6) is 0.252. The lowest BCUT2D eigenvalue weighted by Gasteiger charge is -2.35. The van der Waals surface area contributed by atoms with E-state index < -0.39 is 0 Å². The van der Waals surface area contributed by atoms with Gasteiger partial charge in [0.15, 0.2) is 0 Å². The third-order valence-corrected chi connectivity index (χ3v) is 6.04. The summed E-state index contributed by atoms with van der Waals surface area (Å²) in [6.07, 6.45) is 0. The van der Waals surface area contributed by atoms with Gasteiger partial charge in [-0.2, -0.15) is 0 Å². The maximum absolute atomic E-state index is 13.2. The second-order valence-corrected chi connectivity index (χ2v) is 8.48. The van der Waals surface area contributed by atoms with Crippen LogP contribution in [-0.2, 0) is 4.79 Å². The van der Waals surface area contributed by atoms with Crippen LogP contribution < -0.4 is 15.5 Å². The number of nitrogens with one attached hydrogen (secondary N) is 2. The van der Waals surface area contributed by atoms with E-state index in [1.54, 1.807) is 50.2 Å². The highest BCUT2D eigenvalue weighted by Gasteiger charge is 2.21. The number of aromatic nitrogens is 1. The number of benzene rings is 2. The standard InChI is InChI=1S/C25H25ClFN5O2/c1-16-21(8-10-24(28-16)32-13-11-31(12-14-32)17(2)33)25(34)30-20-7-9-22(26)23(15-20)29-19-5-3-18(27)4-6-19/h3-10,15,29H,11-14H2,1-2H3,(H,30,34). The van der Waals surface area contributed by atoms with Gasteiger partial charge in [-0.1, -0.05) is 11.6 Å². The molecule has 9 heteroatoms. The number of anilines is 4. The van der Waals surface area contributed by atoms with E-state index in [1.165, 1.54) is 12.1 Å². The Morgan fingerprint density at radius 1 is 0.971 bits per heavy atom. The fourth-order valence-corrected chi connectivity index (χ4v) is 3.97. The van der Waals surface area contributed by atoms with Crippen molar-refractivity contribution in [3.05, 3.63) is 76.7 Å². The van der Waals surface area contributed by atoms with Crippen LogP contribution in [0, 0.1) is 12.7 Å². The molecule has 2 aromatic carbocycles. The number of amides is 2. The highest BCUT2D eigenvalue weighted by Crippen LogP contribution is 2.29. The molecular formula is C25H25ClFN5O2. The number of piperazine rings is 1. The van der Waals surface area contributed by atoms with E-state index in [-0.39, 0.29) is 17.6 Å². The van der Waals surface area contributed by atoms with Gasteiger partial charge in [-0.15, -0.1) is 0 Å². The minimum absolute atomic E-state index is 0.0778. The second-order valence-electron chi connectivity index (χ2n) is 8.08. The Labute approximate surface area is 202 Å². The van der Waals surface area contributed by atoms with Crippen molar-refractivity contribution in [1.82, 2.24) is 9.88 Å². The largest absolute Gasteiger partial charge is 0.354 e. The monoisotopic (exact) mass is 481 g/mol. The molecule has 0 spiro atoms. The number of hydrogen-bond acceptors (Lipinski definition) is 5. The number of halogens is 2. The Morgan fingerprint density at radius 3 is 2.29 bits per heavy atom. The molecule has 0 atom stereocenters. The van der Waals surface area contributed by atoms with E-state index in [1.807, 2.05) is 11.0 Å². The van der Waals surface area contributed by atoms with Crippen LogP contribution in [-0.4, -0.2) is 47.9 Å².